The summed E-state index contributed by atoms with van der Waals surface area (Å²) in [7, 11) is 1.48. The zero-order valence-corrected chi connectivity index (χ0v) is 15.3. The van der Waals surface area contributed by atoms with E-state index in [-0.39, 0.29) is 12.2 Å². The fraction of sp³-hybridized carbons (Fsp3) is 0.125. The molecule has 0 bridgehead atoms. The van der Waals surface area contributed by atoms with Gasteiger partial charge < -0.3 is 4.74 Å². The summed E-state index contributed by atoms with van der Waals surface area (Å²) in [6.45, 7) is -0.144. The first-order valence-corrected chi connectivity index (χ1v) is 8.23. The monoisotopic (exact) mass is 419 g/mol. The van der Waals surface area contributed by atoms with Gasteiger partial charge >= 0.3 is 0 Å². The van der Waals surface area contributed by atoms with Crippen molar-refractivity contribution in [2.24, 2.45) is 0 Å². The maximum atomic E-state index is 12.9. The van der Waals surface area contributed by atoms with Gasteiger partial charge in [0.15, 0.2) is 5.65 Å². The number of nitrogens with zero attached hydrogens (tertiary/aromatic N) is 5. The molecule has 0 aliphatic rings. The first kappa shape index (κ1) is 17.2. The van der Waals surface area contributed by atoms with E-state index in [1.165, 1.54) is 18.2 Å². The van der Waals surface area contributed by atoms with E-state index in [0.29, 0.717) is 26.7 Å². The molecule has 0 saturated heterocycles. The number of fused-ring (bicyclic) bond motifs is 1. The number of amides is 1. The first-order valence-electron chi connectivity index (χ1n) is 7.06. The molecular formula is C16H11BrClN5O2. The Bertz CT molecular complexity index is 998. The van der Waals surface area contributed by atoms with E-state index in [1.807, 2.05) is 6.07 Å². The molecule has 0 aliphatic heterocycles. The van der Waals surface area contributed by atoms with Crippen LogP contribution in [0.15, 0.2) is 41.4 Å². The highest BCUT2D eigenvalue weighted by Crippen LogP contribution is 2.30. The van der Waals surface area contributed by atoms with Gasteiger partial charge in [0.05, 0.1) is 30.6 Å². The van der Waals surface area contributed by atoms with E-state index in [0.717, 1.165) is 0 Å². The van der Waals surface area contributed by atoms with Gasteiger partial charge in [-0.25, -0.2) is 9.97 Å². The second-order valence-electron chi connectivity index (χ2n) is 4.95. The topological polar surface area (TPSA) is 83.5 Å². The van der Waals surface area contributed by atoms with Gasteiger partial charge in [0.2, 0.25) is 0 Å². The number of imidazole rings is 1. The first-order chi connectivity index (χ1) is 12.0. The number of aromatic nitrogens is 3. The van der Waals surface area contributed by atoms with Crippen LogP contribution in [-0.2, 0) is 0 Å². The van der Waals surface area contributed by atoms with Crippen LogP contribution in [0.5, 0.6) is 5.75 Å². The Hall–Kier alpha value is -2.63. The highest BCUT2D eigenvalue weighted by Gasteiger charge is 2.21. The molecule has 3 aromatic rings. The van der Waals surface area contributed by atoms with Gasteiger partial charge in [-0.2, -0.15) is 5.26 Å². The number of methoxy groups -OCH3 is 1. The van der Waals surface area contributed by atoms with Crippen LogP contribution < -0.4 is 9.64 Å². The second-order valence-corrected chi connectivity index (χ2v) is 6.17. The number of rotatable bonds is 4. The molecule has 0 atom stereocenters. The van der Waals surface area contributed by atoms with Crippen LogP contribution >= 0.6 is 27.5 Å². The Kier molecular flexibility index (Phi) is 4.88. The average Bonchev–Trinajstić information content (AvgIpc) is 3.00. The molecule has 9 heteroatoms. The average molecular weight is 421 g/mol. The van der Waals surface area contributed by atoms with Crippen LogP contribution in [0.25, 0.3) is 5.65 Å². The summed E-state index contributed by atoms with van der Waals surface area (Å²) in [5, 5.41) is 9.53. The van der Waals surface area contributed by atoms with E-state index in [2.05, 4.69) is 25.9 Å². The van der Waals surface area contributed by atoms with Crippen molar-refractivity contribution in [3.63, 3.8) is 0 Å². The maximum Gasteiger partial charge on any atom is 0.279 e. The smallest absolute Gasteiger partial charge is 0.279 e. The van der Waals surface area contributed by atoms with E-state index < -0.39 is 5.91 Å². The number of carbonyl (C=O) groups is 1. The fourth-order valence-electron chi connectivity index (χ4n) is 2.28. The molecular weight excluding hydrogens is 410 g/mol. The summed E-state index contributed by atoms with van der Waals surface area (Å²) in [5.41, 5.74) is 1.26. The molecule has 2 aromatic heterocycles. The van der Waals surface area contributed by atoms with Gasteiger partial charge in [-0.1, -0.05) is 11.6 Å². The van der Waals surface area contributed by atoms with Crippen LogP contribution in [0, 0.1) is 11.3 Å². The van der Waals surface area contributed by atoms with Crippen molar-refractivity contribution in [1.82, 2.24) is 14.4 Å². The van der Waals surface area contributed by atoms with Crippen molar-refractivity contribution < 1.29 is 9.53 Å². The van der Waals surface area contributed by atoms with Crippen molar-refractivity contribution >= 4 is 44.8 Å². The molecule has 0 unspecified atom stereocenters. The fourth-order valence-corrected chi connectivity index (χ4v) is 2.86. The largest absolute Gasteiger partial charge is 0.495 e. The zero-order chi connectivity index (χ0) is 18.0. The Morgan fingerprint density at radius 2 is 2.24 bits per heavy atom. The third-order valence-corrected chi connectivity index (χ3v) is 4.39. The molecule has 126 valence electrons. The minimum atomic E-state index is -0.423. The zero-order valence-electron chi connectivity index (χ0n) is 13.0. The van der Waals surface area contributed by atoms with Crippen LogP contribution in [-0.4, -0.2) is 33.9 Å². The molecule has 1 aromatic carbocycles. The van der Waals surface area contributed by atoms with Crippen LogP contribution in [0.2, 0.25) is 5.02 Å². The van der Waals surface area contributed by atoms with Crippen LogP contribution in [0.4, 0.5) is 5.69 Å². The van der Waals surface area contributed by atoms with E-state index in [4.69, 9.17) is 21.6 Å². The van der Waals surface area contributed by atoms with Gasteiger partial charge in [-0.15, -0.1) is 0 Å². The summed E-state index contributed by atoms with van der Waals surface area (Å²) in [5.74, 6) is -0.0101. The van der Waals surface area contributed by atoms with Gasteiger partial charge in [0.25, 0.3) is 5.91 Å². The number of carbonyl (C=O) groups excluding carboxylic acids is 1. The number of ether oxygens (including phenoxy) is 1. The molecule has 7 nitrogen and oxygen atoms in total. The van der Waals surface area contributed by atoms with Gasteiger partial charge in [-0.3, -0.25) is 14.1 Å². The van der Waals surface area contributed by atoms with Gasteiger partial charge in [0, 0.05) is 18.0 Å². The van der Waals surface area contributed by atoms with Crippen molar-refractivity contribution in [3.05, 3.63) is 52.1 Å². The van der Waals surface area contributed by atoms with Crippen molar-refractivity contribution in [1.29, 1.82) is 5.26 Å². The van der Waals surface area contributed by atoms with Crippen molar-refractivity contribution in [3.8, 4) is 11.8 Å². The highest BCUT2D eigenvalue weighted by molar-refractivity contribution is 9.10. The minimum Gasteiger partial charge on any atom is -0.495 e. The molecule has 0 saturated carbocycles. The minimum absolute atomic E-state index is 0.144. The van der Waals surface area contributed by atoms with Gasteiger partial charge in [-0.05, 0) is 28.1 Å². The molecule has 2 heterocycles. The molecule has 25 heavy (non-hydrogen) atoms. The number of hydrogen-bond donors (Lipinski definition) is 0. The van der Waals surface area contributed by atoms with Crippen LogP contribution in [0.3, 0.4) is 0 Å². The maximum absolute atomic E-state index is 12.9. The molecule has 0 radical (unpaired) electrons. The predicted octanol–water partition coefficient (Wildman–Crippen LogP) is 3.32. The molecule has 0 N–H and O–H groups in total. The summed E-state index contributed by atoms with van der Waals surface area (Å²) in [4.78, 5) is 22.5. The van der Waals surface area contributed by atoms with E-state index in [1.54, 1.807) is 35.0 Å². The normalized spacial score (nSPS) is 10.5. The number of halogens is 2. The van der Waals surface area contributed by atoms with E-state index >= 15 is 0 Å². The standard InChI is InChI=1S/C16H11BrClN5O2/c1-25-13-6-10(2-3-11(13)18)22(5-4-19)16(24)12-9-23-14(17)7-21-15(23)8-20-12/h2-3,6-9H,5H2,1H3. The quantitative estimate of drug-likeness (QED) is 0.605. The van der Waals surface area contributed by atoms with Crippen molar-refractivity contribution in [2.45, 2.75) is 0 Å². The lowest BCUT2D eigenvalue weighted by Gasteiger charge is -2.20. The van der Waals surface area contributed by atoms with Gasteiger partial charge in [0.1, 0.15) is 22.6 Å². The Morgan fingerprint density at radius 3 is 2.96 bits per heavy atom. The summed E-state index contributed by atoms with van der Waals surface area (Å²) in [6, 6.07) is 6.84. The Morgan fingerprint density at radius 1 is 1.44 bits per heavy atom. The lowest BCUT2D eigenvalue weighted by molar-refractivity contribution is 0.0985. The molecule has 1 amide bonds. The second kappa shape index (κ2) is 7.09. The number of nitriles is 1. The lowest BCUT2D eigenvalue weighted by Crippen LogP contribution is -2.32. The molecule has 0 spiro atoms. The SMILES string of the molecule is COc1cc(N(CC#N)C(=O)c2cn3c(Br)cnc3cn2)ccc1Cl. The van der Waals surface area contributed by atoms with Crippen LogP contribution in [0.1, 0.15) is 10.5 Å². The molecule has 3 rings (SSSR count). The Balaban J connectivity index is 2.03. The summed E-state index contributed by atoms with van der Waals surface area (Å²) in [6.07, 6.45) is 4.67. The Labute approximate surface area is 156 Å². The third-order valence-electron chi connectivity index (χ3n) is 3.49. The highest BCUT2D eigenvalue weighted by atomic mass is 79.9. The summed E-state index contributed by atoms with van der Waals surface area (Å²) >= 11 is 9.38. The number of hydrogen-bond acceptors (Lipinski definition) is 5. The molecule has 0 fully saturated rings. The van der Waals surface area contributed by atoms with Crippen molar-refractivity contribution in [2.75, 3.05) is 18.6 Å². The lowest BCUT2D eigenvalue weighted by atomic mass is 10.2. The van der Waals surface area contributed by atoms with E-state index in [9.17, 15) is 4.79 Å². The third kappa shape index (κ3) is 3.29. The predicted molar refractivity (Wildman–Crippen MR) is 96.0 cm³/mol. The summed E-state index contributed by atoms with van der Waals surface area (Å²) < 4.78 is 7.56. The number of benzene rings is 1. The number of anilines is 1. The molecule has 0 aliphatic carbocycles.